The van der Waals surface area contributed by atoms with Gasteiger partial charge in [-0.05, 0) is 62.2 Å². The molecule has 0 bridgehead atoms. The van der Waals surface area contributed by atoms with Crippen molar-refractivity contribution in [3.63, 3.8) is 0 Å². The number of ether oxygens (including phenoxy) is 1. The van der Waals surface area contributed by atoms with Gasteiger partial charge >= 0.3 is 12.0 Å². The Morgan fingerprint density at radius 3 is 2.39 bits per heavy atom. The molecule has 28 heavy (non-hydrogen) atoms. The van der Waals surface area contributed by atoms with Gasteiger partial charge in [0.1, 0.15) is 6.54 Å². The Morgan fingerprint density at radius 1 is 1.07 bits per heavy atom. The number of hydrogen-bond acceptors (Lipinski definition) is 4. The number of methoxy groups -OCH3 is 1. The minimum absolute atomic E-state index is 0.146. The number of rotatable bonds is 4. The van der Waals surface area contributed by atoms with E-state index in [0.717, 1.165) is 11.1 Å². The molecule has 0 spiro atoms. The zero-order chi connectivity index (χ0) is 20.5. The Labute approximate surface area is 163 Å². The molecule has 1 aliphatic heterocycles. The Balaban J connectivity index is 1.81. The highest BCUT2D eigenvalue weighted by molar-refractivity contribution is 6.10. The Bertz CT molecular complexity index is 952. The van der Waals surface area contributed by atoms with E-state index in [2.05, 4.69) is 15.4 Å². The summed E-state index contributed by atoms with van der Waals surface area (Å²) in [6, 6.07) is 12.3. The quantitative estimate of drug-likeness (QED) is 0.794. The number of benzene rings is 2. The van der Waals surface area contributed by atoms with Gasteiger partial charge in [0.25, 0.3) is 0 Å². The molecule has 0 fully saturated rings. The van der Waals surface area contributed by atoms with Crippen molar-refractivity contribution in [2.24, 2.45) is 0 Å². The molecule has 0 aromatic heterocycles. The molecule has 2 aromatic carbocycles. The SMILES string of the molecule is COC(=O)CN1C(=O)C(C)(C)c2cc(NC(=O)Nc3cccc(C)c3)ccc21. The predicted octanol–water partition coefficient (Wildman–Crippen LogP) is 3.44. The first kappa shape index (κ1) is 19.4. The minimum Gasteiger partial charge on any atom is -0.468 e. The van der Waals surface area contributed by atoms with Gasteiger partial charge in [0.2, 0.25) is 5.91 Å². The average molecular weight is 381 g/mol. The summed E-state index contributed by atoms with van der Waals surface area (Å²) in [5.41, 5.74) is 2.87. The fourth-order valence-electron chi connectivity index (χ4n) is 3.28. The maximum Gasteiger partial charge on any atom is 0.325 e. The van der Waals surface area contributed by atoms with Crippen molar-refractivity contribution in [3.05, 3.63) is 53.6 Å². The van der Waals surface area contributed by atoms with E-state index in [1.165, 1.54) is 12.0 Å². The van der Waals surface area contributed by atoms with Gasteiger partial charge in [0.15, 0.2) is 0 Å². The van der Waals surface area contributed by atoms with Crippen molar-refractivity contribution in [1.82, 2.24) is 0 Å². The van der Waals surface area contributed by atoms with Gasteiger partial charge < -0.3 is 20.3 Å². The number of carbonyl (C=O) groups excluding carboxylic acids is 3. The second kappa shape index (κ2) is 7.34. The first-order valence-corrected chi connectivity index (χ1v) is 8.90. The highest BCUT2D eigenvalue weighted by Gasteiger charge is 2.44. The van der Waals surface area contributed by atoms with Crippen LogP contribution in [0.2, 0.25) is 0 Å². The van der Waals surface area contributed by atoms with Crippen molar-refractivity contribution in [2.45, 2.75) is 26.2 Å². The molecule has 7 heteroatoms. The van der Waals surface area contributed by atoms with E-state index in [4.69, 9.17) is 0 Å². The zero-order valence-corrected chi connectivity index (χ0v) is 16.3. The van der Waals surface area contributed by atoms with Crippen LogP contribution >= 0.6 is 0 Å². The number of carbonyl (C=O) groups is 3. The number of aryl methyl sites for hydroxylation is 1. The number of nitrogens with one attached hydrogen (secondary N) is 2. The first-order chi connectivity index (χ1) is 13.2. The van der Waals surface area contributed by atoms with Crippen molar-refractivity contribution in [2.75, 3.05) is 29.2 Å². The van der Waals surface area contributed by atoms with E-state index in [1.807, 2.05) is 31.2 Å². The van der Waals surface area contributed by atoms with E-state index in [9.17, 15) is 14.4 Å². The normalized spacial score (nSPS) is 14.4. The second-order valence-corrected chi connectivity index (χ2v) is 7.27. The molecule has 0 radical (unpaired) electrons. The fourth-order valence-corrected chi connectivity index (χ4v) is 3.28. The number of urea groups is 1. The number of esters is 1. The number of anilines is 3. The molecule has 0 unspecified atom stereocenters. The van der Waals surface area contributed by atoms with Crippen LogP contribution in [-0.2, 0) is 19.7 Å². The molecule has 146 valence electrons. The minimum atomic E-state index is -0.811. The topological polar surface area (TPSA) is 87.7 Å². The van der Waals surface area contributed by atoms with Crippen LogP contribution in [0.5, 0.6) is 0 Å². The third kappa shape index (κ3) is 3.69. The standard InChI is InChI=1S/C21H23N3O4/c1-13-6-5-7-14(10-13)22-20(27)23-15-8-9-17-16(11-15)21(2,3)19(26)24(17)12-18(25)28-4/h5-11H,12H2,1-4H3,(H2,22,23,27). The summed E-state index contributed by atoms with van der Waals surface area (Å²) in [7, 11) is 1.29. The number of hydrogen-bond donors (Lipinski definition) is 2. The Kier molecular flexibility index (Phi) is 5.09. The van der Waals surface area contributed by atoms with Gasteiger partial charge in [0.05, 0.1) is 12.5 Å². The van der Waals surface area contributed by atoms with Gasteiger partial charge in [-0.2, -0.15) is 0 Å². The summed E-state index contributed by atoms with van der Waals surface area (Å²) < 4.78 is 4.69. The van der Waals surface area contributed by atoms with Crippen LogP contribution in [0.3, 0.4) is 0 Å². The maximum atomic E-state index is 12.8. The Hall–Kier alpha value is -3.35. The fraction of sp³-hybridized carbons (Fsp3) is 0.286. The highest BCUT2D eigenvalue weighted by atomic mass is 16.5. The van der Waals surface area contributed by atoms with E-state index in [1.54, 1.807) is 32.0 Å². The van der Waals surface area contributed by atoms with Gasteiger partial charge in [-0.3, -0.25) is 9.59 Å². The lowest BCUT2D eigenvalue weighted by molar-refractivity contribution is -0.140. The zero-order valence-electron chi connectivity index (χ0n) is 16.3. The highest BCUT2D eigenvalue weighted by Crippen LogP contribution is 2.42. The summed E-state index contributed by atoms with van der Waals surface area (Å²) in [6.07, 6.45) is 0. The van der Waals surface area contributed by atoms with Gasteiger partial charge in [-0.15, -0.1) is 0 Å². The second-order valence-electron chi connectivity index (χ2n) is 7.27. The molecule has 7 nitrogen and oxygen atoms in total. The van der Waals surface area contributed by atoms with Crippen LogP contribution < -0.4 is 15.5 Å². The molecular formula is C21H23N3O4. The maximum absolute atomic E-state index is 12.8. The number of fused-ring (bicyclic) bond motifs is 1. The average Bonchev–Trinajstić information content (AvgIpc) is 2.82. The largest absolute Gasteiger partial charge is 0.468 e. The van der Waals surface area contributed by atoms with E-state index < -0.39 is 11.4 Å². The number of nitrogens with zero attached hydrogens (tertiary/aromatic N) is 1. The van der Waals surface area contributed by atoms with E-state index in [0.29, 0.717) is 17.1 Å². The molecule has 2 N–H and O–H groups in total. The summed E-state index contributed by atoms with van der Waals surface area (Å²) >= 11 is 0. The monoisotopic (exact) mass is 381 g/mol. The van der Waals surface area contributed by atoms with Crippen LogP contribution in [0, 0.1) is 6.92 Å². The van der Waals surface area contributed by atoms with E-state index >= 15 is 0 Å². The molecule has 0 atom stereocenters. The van der Waals surface area contributed by atoms with Crippen LogP contribution in [0.1, 0.15) is 25.0 Å². The molecule has 3 amide bonds. The van der Waals surface area contributed by atoms with Gasteiger partial charge in [-0.1, -0.05) is 12.1 Å². The van der Waals surface area contributed by atoms with Crippen molar-refractivity contribution in [1.29, 1.82) is 0 Å². The van der Waals surface area contributed by atoms with Gasteiger partial charge in [0, 0.05) is 17.1 Å². The third-order valence-electron chi connectivity index (χ3n) is 4.79. The van der Waals surface area contributed by atoms with Crippen molar-refractivity contribution < 1.29 is 19.1 Å². The lowest BCUT2D eigenvalue weighted by Crippen LogP contribution is -2.39. The third-order valence-corrected chi connectivity index (χ3v) is 4.79. The lowest BCUT2D eigenvalue weighted by Gasteiger charge is -2.19. The molecule has 0 aliphatic carbocycles. The summed E-state index contributed by atoms with van der Waals surface area (Å²) in [5, 5.41) is 5.57. The van der Waals surface area contributed by atoms with Crippen LogP contribution in [-0.4, -0.2) is 31.6 Å². The number of amides is 3. The molecule has 1 heterocycles. The first-order valence-electron chi connectivity index (χ1n) is 8.90. The molecule has 0 saturated carbocycles. The predicted molar refractivity (Wildman–Crippen MR) is 108 cm³/mol. The van der Waals surface area contributed by atoms with Crippen molar-refractivity contribution >= 4 is 35.0 Å². The van der Waals surface area contributed by atoms with E-state index in [-0.39, 0.29) is 18.5 Å². The smallest absolute Gasteiger partial charge is 0.325 e. The summed E-state index contributed by atoms with van der Waals surface area (Å²) in [5.74, 6) is -0.675. The molecular weight excluding hydrogens is 358 g/mol. The molecule has 1 aliphatic rings. The molecule has 3 rings (SSSR count). The summed E-state index contributed by atoms with van der Waals surface area (Å²) in [6.45, 7) is 5.39. The summed E-state index contributed by atoms with van der Waals surface area (Å²) in [4.78, 5) is 38.1. The van der Waals surface area contributed by atoms with Gasteiger partial charge in [-0.25, -0.2) is 4.79 Å². The molecule has 0 saturated heterocycles. The molecule has 2 aromatic rings. The van der Waals surface area contributed by atoms with Crippen LogP contribution in [0.25, 0.3) is 0 Å². The van der Waals surface area contributed by atoms with Crippen LogP contribution in [0.4, 0.5) is 21.9 Å². The van der Waals surface area contributed by atoms with Crippen LogP contribution in [0.15, 0.2) is 42.5 Å². The Morgan fingerprint density at radius 2 is 1.75 bits per heavy atom. The van der Waals surface area contributed by atoms with Crippen molar-refractivity contribution in [3.8, 4) is 0 Å². The lowest BCUT2D eigenvalue weighted by atomic mass is 9.86.